The molecule has 0 saturated heterocycles. The Bertz CT molecular complexity index is 359. The van der Waals surface area contributed by atoms with Crippen LogP contribution in [0.1, 0.15) is 16.7 Å². The average Bonchev–Trinajstić information content (AvgIpc) is 2.19. The van der Waals surface area contributed by atoms with Crippen LogP contribution >= 0.6 is 0 Å². The van der Waals surface area contributed by atoms with E-state index in [2.05, 4.69) is 4.99 Å². The van der Waals surface area contributed by atoms with Gasteiger partial charge in [-0.05, 0) is 31.0 Å². The number of nitrogens with zero attached hydrogens (tertiary/aromatic N) is 1. The molecule has 0 bridgehead atoms. The largest absolute Gasteiger partial charge is 0.507 e. The normalized spacial score (nSPS) is 11.1. The Morgan fingerprint density at radius 3 is 2.80 bits per heavy atom. The minimum absolute atomic E-state index is 0.307. The van der Waals surface area contributed by atoms with E-state index in [9.17, 15) is 5.11 Å². The van der Waals surface area contributed by atoms with Crippen LogP contribution in [0.15, 0.2) is 17.1 Å². The first kappa shape index (κ1) is 11.7. The number of aromatic hydroxyl groups is 1. The third-order valence-corrected chi connectivity index (χ3v) is 2.13. The number of phenolic OH excluding ortho intramolecular Hbond substituents is 1. The van der Waals surface area contributed by atoms with E-state index in [1.54, 1.807) is 13.3 Å². The summed E-state index contributed by atoms with van der Waals surface area (Å²) >= 11 is 0. The third-order valence-electron chi connectivity index (χ3n) is 2.13. The van der Waals surface area contributed by atoms with Crippen molar-refractivity contribution in [2.24, 2.45) is 4.99 Å². The number of phenols is 1. The van der Waals surface area contributed by atoms with E-state index in [1.165, 1.54) is 0 Å². The molecule has 0 aliphatic heterocycles. The van der Waals surface area contributed by atoms with Crippen LogP contribution in [0.5, 0.6) is 5.75 Å². The molecule has 0 saturated carbocycles. The molecule has 0 aliphatic rings. The van der Waals surface area contributed by atoms with Gasteiger partial charge in [-0.15, -0.1) is 0 Å². The van der Waals surface area contributed by atoms with Gasteiger partial charge in [0.1, 0.15) is 5.75 Å². The Labute approximate surface area is 90.4 Å². The number of benzene rings is 1. The summed E-state index contributed by atoms with van der Waals surface area (Å²) in [5.41, 5.74) is 2.77. The summed E-state index contributed by atoms with van der Waals surface area (Å²) in [5, 5.41) is 9.76. The summed E-state index contributed by atoms with van der Waals surface area (Å²) in [4.78, 5) is 4.16. The van der Waals surface area contributed by atoms with Gasteiger partial charge >= 0.3 is 0 Å². The van der Waals surface area contributed by atoms with Gasteiger partial charge in [0.2, 0.25) is 0 Å². The number of hydrogen-bond donors (Lipinski definition) is 1. The molecule has 0 unspecified atom stereocenters. The lowest BCUT2D eigenvalue weighted by atomic mass is 10.1. The first-order valence-electron chi connectivity index (χ1n) is 4.94. The lowest BCUT2D eigenvalue weighted by Crippen LogP contribution is -1.94. The number of ether oxygens (including phenoxy) is 1. The fourth-order valence-electron chi connectivity index (χ4n) is 1.40. The summed E-state index contributed by atoms with van der Waals surface area (Å²) in [7, 11) is 1.64. The maximum atomic E-state index is 9.76. The van der Waals surface area contributed by atoms with Crippen LogP contribution < -0.4 is 0 Å². The quantitative estimate of drug-likeness (QED) is 0.606. The minimum Gasteiger partial charge on any atom is -0.507 e. The van der Waals surface area contributed by atoms with Crippen LogP contribution in [-0.2, 0) is 4.74 Å². The highest BCUT2D eigenvalue weighted by Crippen LogP contribution is 2.21. The maximum absolute atomic E-state index is 9.76. The van der Waals surface area contributed by atoms with Crippen molar-refractivity contribution in [2.45, 2.75) is 13.8 Å². The van der Waals surface area contributed by atoms with Crippen molar-refractivity contribution in [3.8, 4) is 5.75 Å². The van der Waals surface area contributed by atoms with E-state index in [0.717, 1.165) is 16.7 Å². The summed E-state index contributed by atoms with van der Waals surface area (Å²) in [5.74, 6) is 0.307. The van der Waals surface area contributed by atoms with Crippen molar-refractivity contribution < 1.29 is 9.84 Å². The predicted octanol–water partition coefficient (Wildman–Crippen LogP) is 2.07. The van der Waals surface area contributed by atoms with Crippen molar-refractivity contribution in [2.75, 3.05) is 20.3 Å². The second kappa shape index (κ2) is 5.51. The van der Waals surface area contributed by atoms with Crippen LogP contribution in [0.25, 0.3) is 0 Å². The molecule has 0 radical (unpaired) electrons. The molecule has 0 fully saturated rings. The zero-order valence-corrected chi connectivity index (χ0v) is 9.45. The van der Waals surface area contributed by atoms with Gasteiger partial charge in [-0.1, -0.05) is 6.07 Å². The Morgan fingerprint density at radius 2 is 2.13 bits per heavy atom. The highest BCUT2D eigenvalue weighted by molar-refractivity contribution is 5.84. The number of rotatable bonds is 4. The highest BCUT2D eigenvalue weighted by Gasteiger charge is 2.02. The maximum Gasteiger partial charge on any atom is 0.127 e. The van der Waals surface area contributed by atoms with Gasteiger partial charge in [-0.2, -0.15) is 0 Å². The number of methoxy groups -OCH3 is 1. The van der Waals surface area contributed by atoms with Gasteiger partial charge in [0.05, 0.1) is 13.2 Å². The zero-order chi connectivity index (χ0) is 11.3. The summed E-state index contributed by atoms with van der Waals surface area (Å²) in [6, 6.07) is 3.86. The fourth-order valence-corrected chi connectivity index (χ4v) is 1.40. The molecule has 1 aromatic carbocycles. The van der Waals surface area contributed by atoms with Gasteiger partial charge in [-0.25, -0.2) is 0 Å². The van der Waals surface area contributed by atoms with Crippen LogP contribution in [0.4, 0.5) is 0 Å². The van der Waals surface area contributed by atoms with Crippen molar-refractivity contribution in [3.05, 3.63) is 28.8 Å². The number of aryl methyl sites for hydroxylation is 2. The molecular weight excluding hydrogens is 190 g/mol. The third kappa shape index (κ3) is 3.36. The predicted molar refractivity (Wildman–Crippen MR) is 61.9 cm³/mol. The van der Waals surface area contributed by atoms with Crippen LogP contribution in [-0.4, -0.2) is 31.6 Å². The summed E-state index contributed by atoms with van der Waals surface area (Å²) in [6.07, 6.45) is 1.69. The molecule has 1 N–H and O–H groups in total. The number of aliphatic imine (C=N–C) groups is 1. The van der Waals surface area contributed by atoms with Gasteiger partial charge in [0.15, 0.2) is 0 Å². The Hall–Kier alpha value is -1.35. The SMILES string of the molecule is COCCN=Cc1cc(C)cc(C)c1O. The smallest absolute Gasteiger partial charge is 0.127 e. The lowest BCUT2D eigenvalue weighted by Gasteiger charge is -2.04. The molecule has 82 valence electrons. The molecule has 0 heterocycles. The standard InChI is InChI=1S/C12H17NO2/c1-9-6-10(2)12(14)11(7-9)8-13-4-5-15-3/h6-8,14H,4-5H2,1-3H3. The molecule has 15 heavy (non-hydrogen) atoms. The van der Waals surface area contributed by atoms with Crippen LogP contribution in [0, 0.1) is 13.8 Å². The molecule has 0 aliphatic carbocycles. The van der Waals surface area contributed by atoms with Gasteiger partial charge < -0.3 is 9.84 Å². The topological polar surface area (TPSA) is 41.8 Å². The van der Waals surface area contributed by atoms with Gasteiger partial charge in [-0.3, -0.25) is 4.99 Å². The number of hydrogen-bond acceptors (Lipinski definition) is 3. The van der Waals surface area contributed by atoms with E-state index in [1.807, 2.05) is 26.0 Å². The van der Waals surface area contributed by atoms with Crippen molar-refractivity contribution in [1.29, 1.82) is 0 Å². The molecule has 0 amide bonds. The average molecular weight is 207 g/mol. The molecular formula is C12H17NO2. The highest BCUT2D eigenvalue weighted by atomic mass is 16.5. The first-order valence-corrected chi connectivity index (χ1v) is 4.94. The van der Waals surface area contributed by atoms with Crippen molar-refractivity contribution in [3.63, 3.8) is 0 Å². The molecule has 0 atom stereocenters. The van der Waals surface area contributed by atoms with Gasteiger partial charge in [0, 0.05) is 18.9 Å². The lowest BCUT2D eigenvalue weighted by molar-refractivity contribution is 0.208. The second-order valence-corrected chi connectivity index (χ2v) is 3.55. The van der Waals surface area contributed by atoms with E-state index in [0.29, 0.717) is 18.9 Å². The zero-order valence-electron chi connectivity index (χ0n) is 9.45. The fraction of sp³-hybridized carbons (Fsp3) is 0.417. The monoisotopic (exact) mass is 207 g/mol. The van der Waals surface area contributed by atoms with Crippen molar-refractivity contribution >= 4 is 6.21 Å². The Morgan fingerprint density at radius 1 is 1.40 bits per heavy atom. The van der Waals surface area contributed by atoms with Crippen LogP contribution in [0.3, 0.4) is 0 Å². The van der Waals surface area contributed by atoms with E-state index < -0.39 is 0 Å². The van der Waals surface area contributed by atoms with Crippen molar-refractivity contribution in [1.82, 2.24) is 0 Å². The molecule has 3 heteroatoms. The molecule has 1 aromatic rings. The molecule has 0 aromatic heterocycles. The molecule has 0 spiro atoms. The molecule has 3 nitrogen and oxygen atoms in total. The van der Waals surface area contributed by atoms with E-state index in [-0.39, 0.29) is 0 Å². The Balaban J connectivity index is 2.80. The molecule has 1 rings (SSSR count). The van der Waals surface area contributed by atoms with E-state index in [4.69, 9.17) is 4.74 Å². The minimum atomic E-state index is 0.307. The van der Waals surface area contributed by atoms with Crippen LogP contribution in [0.2, 0.25) is 0 Å². The van der Waals surface area contributed by atoms with Gasteiger partial charge in [0.25, 0.3) is 0 Å². The van der Waals surface area contributed by atoms with E-state index >= 15 is 0 Å². The summed E-state index contributed by atoms with van der Waals surface area (Å²) < 4.78 is 4.88. The summed E-state index contributed by atoms with van der Waals surface area (Å²) in [6.45, 7) is 5.10. The second-order valence-electron chi connectivity index (χ2n) is 3.55. The Kier molecular flexibility index (Phi) is 4.31. The first-order chi connectivity index (χ1) is 7.15.